The summed E-state index contributed by atoms with van der Waals surface area (Å²) in [6, 6.07) is 0.363. The van der Waals surface area contributed by atoms with E-state index in [0.717, 1.165) is 0 Å². The SMILES string of the molecule is OB(O)c1c(F)cc(F)c(Br)c1F. The summed E-state index contributed by atoms with van der Waals surface area (Å²) in [6.07, 6.45) is 0. The maximum absolute atomic E-state index is 12.9. The Balaban J connectivity index is 3.44. The molecule has 2 nitrogen and oxygen atoms in total. The van der Waals surface area contributed by atoms with Crippen LogP contribution >= 0.6 is 15.9 Å². The van der Waals surface area contributed by atoms with Gasteiger partial charge in [-0.1, -0.05) is 0 Å². The van der Waals surface area contributed by atoms with Gasteiger partial charge >= 0.3 is 7.12 Å². The van der Waals surface area contributed by atoms with Gasteiger partial charge < -0.3 is 10.0 Å². The fraction of sp³-hybridized carbons (Fsp3) is 0. The van der Waals surface area contributed by atoms with E-state index in [1.165, 1.54) is 0 Å². The number of halogens is 4. The monoisotopic (exact) mass is 254 g/mol. The van der Waals surface area contributed by atoms with Crippen LogP contribution in [0.2, 0.25) is 0 Å². The van der Waals surface area contributed by atoms with Gasteiger partial charge in [-0.2, -0.15) is 0 Å². The minimum Gasteiger partial charge on any atom is -0.423 e. The van der Waals surface area contributed by atoms with Gasteiger partial charge in [0.05, 0.1) is 9.94 Å². The molecule has 0 saturated carbocycles. The van der Waals surface area contributed by atoms with E-state index in [4.69, 9.17) is 10.0 Å². The Bertz CT molecular complexity index is 345. The van der Waals surface area contributed by atoms with Gasteiger partial charge in [-0.15, -0.1) is 0 Å². The van der Waals surface area contributed by atoms with Crippen molar-refractivity contribution in [3.63, 3.8) is 0 Å². The quantitative estimate of drug-likeness (QED) is 0.437. The Morgan fingerprint density at radius 1 is 1.15 bits per heavy atom. The van der Waals surface area contributed by atoms with Gasteiger partial charge in [0.25, 0.3) is 0 Å². The number of rotatable bonds is 1. The molecule has 0 unspecified atom stereocenters. The Hall–Kier alpha value is -0.525. The lowest BCUT2D eigenvalue weighted by Crippen LogP contribution is -2.36. The smallest absolute Gasteiger partial charge is 0.423 e. The fourth-order valence-electron chi connectivity index (χ4n) is 0.817. The lowest BCUT2D eigenvalue weighted by atomic mass is 9.79. The normalized spacial score (nSPS) is 10.3. The van der Waals surface area contributed by atoms with Crippen molar-refractivity contribution in [2.24, 2.45) is 0 Å². The van der Waals surface area contributed by atoms with E-state index in [2.05, 4.69) is 15.9 Å². The minimum absolute atomic E-state index is 0.363. The first-order chi connectivity index (χ1) is 5.95. The number of hydrogen-bond acceptors (Lipinski definition) is 2. The van der Waals surface area contributed by atoms with Crippen molar-refractivity contribution < 1.29 is 23.2 Å². The summed E-state index contributed by atoms with van der Waals surface area (Å²) in [6.45, 7) is 0. The van der Waals surface area contributed by atoms with Crippen LogP contribution in [-0.2, 0) is 0 Å². The molecule has 0 aliphatic rings. The van der Waals surface area contributed by atoms with Crippen LogP contribution in [0.5, 0.6) is 0 Å². The second-order valence-electron chi connectivity index (χ2n) is 2.26. The average molecular weight is 255 g/mol. The molecule has 1 rings (SSSR count). The van der Waals surface area contributed by atoms with E-state index < -0.39 is 34.5 Å². The molecule has 0 aliphatic carbocycles. The Kier molecular flexibility index (Phi) is 3.00. The molecule has 0 amide bonds. The molecular formula is C6H3BBrF3O2. The summed E-state index contributed by atoms with van der Waals surface area (Å²) in [5.41, 5.74) is -0.978. The molecule has 0 saturated heterocycles. The topological polar surface area (TPSA) is 40.5 Å². The lowest BCUT2D eigenvalue weighted by Gasteiger charge is -2.05. The van der Waals surface area contributed by atoms with Crippen LogP contribution in [0.15, 0.2) is 10.5 Å². The zero-order valence-corrected chi connectivity index (χ0v) is 7.65. The minimum atomic E-state index is -2.31. The van der Waals surface area contributed by atoms with E-state index >= 15 is 0 Å². The molecule has 0 radical (unpaired) electrons. The third kappa shape index (κ3) is 1.87. The van der Waals surface area contributed by atoms with Crippen molar-refractivity contribution in [2.75, 3.05) is 0 Å². The first-order valence-electron chi connectivity index (χ1n) is 3.14. The summed E-state index contributed by atoms with van der Waals surface area (Å²) in [4.78, 5) is 0. The van der Waals surface area contributed by atoms with E-state index in [0.29, 0.717) is 6.07 Å². The summed E-state index contributed by atoms with van der Waals surface area (Å²) >= 11 is 2.49. The highest BCUT2D eigenvalue weighted by Crippen LogP contribution is 2.19. The molecule has 0 aromatic heterocycles. The van der Waals surface area contributed by atoms with Crippen molar-refractivity contribution in [1.29, 1.82) is 0 Å². The number of hydrogen-bond donors (Lipinski definition) is 2. The largest absolute Gasteiger partial charge is 0.494 e. The molecule has 2 N–H and O–H groups in total. The fourth-order valence-corrected chi connectivity index (χ4v) is 1.15. The van der Waals surface area contributed by atoms with Crippen molar-refractivity contribution in [1.82, 2.24) is 0 Å². The third-order valence-corrected chi connectivity index (χ3v) is 2.13. The number of benzene rings is 1. The highest BCUT2D eigenvalue weighted by Gasteiger charge is 2.25. The van der Waals surface area contributed by atoms with Crippen molar-refractivity contribution in [3.8, 4) is 0 Å². The second-order valence-corrected chi connectivity index (χ2v) is 3.05. The van der Waals surface area contributed by atoms with Crippen LogP contribution in [-0.4, -0.2) is 17.2 Å². The Morgan fingerprint density at radius 3 is 2.15 bits per heavy atom. The molecule has 0 bridgehead atoms. The zero-order valence-electron chi connectivity index (χ0n) is 6.06. The third-order valence-electron chi connectivity index (χ3n) is 1.41. The maximum Gasteiger partial charge on any atom is 0.494 e. The van der Waals surface area contributed by atoms with Crippen molar-refractivity contribution in [2.45, 2.75) is 0 Å². The predicted octanol–water partition coefficient (Wildman–Crippen LogP) is 0.546. The Morgan fingerprint density at radius 2 is 1.69 bits per heavy atom. The average Bonchev–Trinajstić information content (AvgIpc) is 1.99. The standard InChI is InChI=1S/C6H3BBrF3O2/c8-5-3(10)1-2(9)4(6(5)11)7(12)13/h1,12-13H. The van der Waals surface area contributed by atoms with Crippen LogP contribution in [0.25, 0.3) is 0 Å². The van der Waals surface area contributed by atoms with Crippen molar-refractivity contribution >= 4 is 28.5 Å². The van der Waals surface area contributed by atoms with Crippen LogP contribution in [0.4, 0.5) is 13.2 Å². The van der Waals surface area contributed by atoms with Gasteiger partial charge in [0.15, 0.2) is 0 Å². The summed E-state index contributed by atoms with van der Waals surface area (Å²) in [5, 5.41) is 17.1. The van der Waals surface area contributed by atoms with E-state index in [-0.39, 0.29) is 0 Å². The van der Waals surface area contributed by atoms with Gasteiger partial charge in [0.1, 0.15) is 17.5 Å². The molecule has 13 heavy (non-hydrogen) atoms. The molecule has 1 aromatic rings. The summed E-state index contributed by atoms with van der Waals surface area (Å²) in [7, 11) is -2.31. The van der Waals surface area contributed by atoms with E-state index in [1.807, 2.05) is 0 Å². The first kappa shape index (κ1) is 10.6. The van der Waals surface area contributed by atoms with Crippen molar-refractivity contribution in [3.05, 3.63) is 28.0 Å². The molecule has 1 aromatic carbocycles. The Labute approximate surface area is 80.3 Å². The molecule has 0 aliphatic heterocycles. The molecular weight excluding hydrogens is 252 g/mol. The molecule has 70 valence electrons. The second kappa shape index (κ2) is 3.69. The van der Waals surface area contributed by atoms with Crippen LogP contribution in [0.1, 0.15) is 0 Å². The summed E-state index contributed by atoms with van der Waals surface area (Å²) in [5.74, 6) is -3.83. The molecule has 0 fully saturated rings. The van der Waals surface area contributed by atoms with Gasteiger partial charge in [-0.05, 0) is 15.9 Å². The van der Waals surface area contributed by atoms with Gasteiger partial charge in [0.2, 0.25) is 0 Å². The van der Waals surface area contributed by atoms with E-state index in [1.54, 1.807) is 0 Å². The zero-order chi connectivity index (χ0) is 10.2. The van der Waals surface area contributed by atoms with Crippen LogP contribution in [0.3, 0.4) is 0 Å². The molecule has 7 heteroatoms. The highest BCUT2D eigenvalue weighted by atomic mass is 79.9. The van der Waals surface area contributed by atoms with E-state index in [9.17, 15) is 13.2 Å². The highest BCUT2D eigenvalue weighted by molar-refractivity contribution is 9.10. The summed E-state index contributed by atoms with van der Waals surface area (Å²) < 4.78 is 37.6. The first-order valence-corrected chi connectivity index (χ1v) is 3.93. The van der Waals surface area contributed by atoms with Crippen LogP contribution in [0, 0.1) is 17.5 Å². The molecule has 0 spiro atoms. The van der Waals surface area contributed by atoms with Gasteiger partial charge in [0, 0.05) is 6.07 Å². The van der Waals surface area contributed by atoms with Gasteiger partial charge in [-0.25, -0.2) is 13.2 Å². The maximum atomic E-state index is 12.9. The lowest BCUT2D eigenvalue weighted by molar-refractivity contribution is 0.418. The predicted molar refractivity (Wildman–Crippen MR) is 43.8 cm³/mol. The molecule has 0 atom stereocenters. The van der Waals surface area contributed by atoms with Crippen LogP contribution < -0.4 is 5.46 Å². The van der Waals surface area contributed by atoms with Gasteiger partial charge in [-0.3, -0.25) is 0 Å². The molecule has 0 heterocycles.